The van der Waals surface area contributed by atoms with Crippen LogP contribution in [-0.2, 0) is 19.0 Å². The number of anilines is 1. The van der Waals surface area contributed by atoms with E-state index in [-0.39, 0.29) is 18.4 Å². The zero-order chi connectivity index (χ0) is 16.6. The average molecular weight is 378 g/mol. The number of hydrogen-bond acceptors (Lipinski definition) is 4. The van der Waals surface area contributed by atoms with Gasteiger partial charge < -0.3 is 5.73 Å². The predicted molar refractivity (Wildman–Crippen MR) is 88.8 cm³/mol. The molecule has 0 radical (unpaired) electrons. The molecule has 9 heteroatoms. The Morgan fingerprint density at radius 2 is 2.04 bits per heavy atom. The summed E-state index contributed by atoms with van der Waals surface area (Å²) in [5.41, 5.74) is 5.39. The van der Waals surface area contributed by atoms with Crippen LogP contribution in [0, 0.1) is 0 Å². The first-order chi connectivity index (χ1) is 10.8. The highest BCUT2D eigenvalue weighted by atomic mass is 35.5. The molecule has 24 heavy (non-hydrogen) atoms. The van der Waals surface area contributed by atoms with Crippen LogP contribution in [0.25, 0.3) is 0 Å². The van der Waals surface area contributed by atoms with Crippen molar-refractivity contribution in [2.24, 2.45) is 5.73 Å². The lowest BCUT2D eigenvalue weighted by molar-refractivity contribution is -0.137. The van der Waals surface area contributed by atoms with Crippen LogP contribution in [-0.4, -0.2) is 16.9 Å². The van der Waals surface area contributed by atoms with Gasteiger partial charge in [-0.1, -0.05) is 12.1 Å². The van der Waals surface area contributed by atoms with Crippen molar-refractivity contribution < 1.29 is 18.0 Å². The summed E-state index contributed by atoms with van der Waals surface area (Å²) in [5.74, 6) is -0.812. The van der Waals surface area contributed by atoms with Crippen molar-refractivity contribution in [1.29, 1.82) is 0 Å². The molecule has 0 saturated carbocycles. The van der Waals surface area contributed by atoms with Crippen molar-refractivity contribution in [1.82, 2.24) is 4.98 Å². The van der Waals surface area contributed by atoms with E-state index in [0.717, 1.165) is 35.5 Å². The highest BCUT2D eigenvalue weighted by Gasteiger charge is 2.35. The van der Waals surface area contributed by atoms with Gasteiger partial charge in [-0.25, -0.2) is 4.98 Å². The highest BCUT2D eigenvalue weighted by Crippen LogP contribution is 2.33. The van der Waals surface area contributed by atoms with E-state index in [1.807, 2.05) is 0 Å². The number of thiazole rings is 1. The van der Waals surface area contributed by atoms with E-state index in [9.17, 15) is 18.0 Å². The minimum atomic E-state index is -4.58. The van der Waals surface area contributed by atoms with Crippen LogP contribution in [0.5, 0.6) is 0 Å². The molecule has 1 heterocycles. The minimum Gasteiger partial charge on any atom is -0.327 e. The number of rotatable bonds is 2. The molecule has 1 aromatic heterocycles. The number of alkyl halides is 3. The van der Waals surface area contributed by atoms with Crippen molar-refractivity contribution in [3.63, 3.8) is 0 Å². The van der Waals surface area contributed by atoms with Gasteiger partial charge in [0, 0.05) is 10.9 Å². The molecule has 2 aromatic rings. The maximum absolute atomic E-state index is 13.0. The third kappa shape index (κ3) is 3.88. The van der Waals surface area contributed by atoms with E-state index in [1.165, 1.54) is 23.5 Å². The molecular formula is C15H15ClF3N3OS. The van der Waals surface area contributed by atoms with Gasteiger partial charge in [0.05, 0.1) is 16.8 Å². The number of aromatic nitrogens is 1. The molecule has 1 aromatic carbocycles. The Hall–Kier alpha value is -1.64. The van der Waals surface area contributed by atoms with Crippen LogP contribution >= 0.6 is 23.7 Å². The Morgan fingerprint density at radius 1 is 1.33 bits per heavy atom. The summed E-state index contributed by atoms with van der Waals surface area (Å²) in [6.45, 7) is 0. The Bertz CT molecular complexity index is 748. The van der Waals surface area contributed by atoms with Gasteiger partial charge in [0.2, 0.25) is 0 Å². The van der Waals surface area contributed by atoms with E-state index in [4.69, 9.17) is 5.73 Å². The zero-order valence-electron chi connectivity index (χ0n) is 12.4. The standard InChI is InChI=1S/C15H14F3N3OS.ClH/c16-15(17,18)10-4-2-1-3-9(10)13(22)21-14-20-11-6-5-8(19)7-12(11)23-14;/h1-4,8H,5-7,19H2,(H,20,21,22);1H/t8-;/m0./s1. The molecular weight excluding hydrogens is 363 g/mol. The lowest BCUT2D eigenvalue weighted by Crippen LogP contribution is -2.27. The molecule has 1 atom stereocenters. The molecule has 0 spiro atoms. The van der Waals surface area contributed by atoms with E-state index in [0.29, 0.717) is 11.6 Å². The number of benzene rings is 1. The maximum atomic E-state index is 13.0. The van der Waals surface area contributed by atoms with Crippen molar-refractivity contribution in [2.45, 2.75) is 31.5 Å². The van der Waals surface area contributed by atoms with Crippen LogP contribution in [0.2, 0.25) is 0 Å². The number of hydrogen-bond donors (Lipinski definition) is 2. The molecule has 3 N–H and O–H groups in total. The summed E-state index contributed by atoms with van der Waals surface area (Å²) in [4.78, 5) is 17.5. The molecule has 3 rings (SSSR count). The first kappa shape index (κ1) is 18.7. The van der Waals surface area contributed by atoms with Crippen LogP contribution in [0.15, 0.2) is 24.3 Å². The summed E-state index contributed by atoms with van der Waals surface area (Å²) in [5, 5.41) is 2.78. The van der Waals surface area contributed by atoms with Crippen LogP contribution < -0.4 is 11.1 Å². The number of aryl methyl sites for hydroxylation is 1. The Morgan fingerprint density at radius 3 is 2.75 bits per heavy atom. The van der Waals surface area contributed by atoms with E-state index in [1.54, 1.807) is 0 Å². The topological polar surface area (TPSA) is 68.0 Å². The van der Waals surface area contributed by atoms with E-state index in [2.05, 4.69) is 10.3 Å². The fourth-order valence-corrected chi connectivity index (χ4v) is 3.64. The SMILES string of the molecule is Cl.N[C@H]1CCc2nc(NC(=O)c3ccccc3C(F)(F)F)sc2C1. The monoisotopic (exact) mass is 377 g/mol. The first-order valence-electron chi connectivity index (χ1n) is 7.06. The zero-order valence-corrected chi connectivity index (χ0v) is 14.0. The molecule has 4 nitrogen and oxygen atoms in total. The summed E-state index contributed by atoms with van der Waals surface area (Å²) in [6, 6.07) is 4.76. The number of nitrogens with zero attached hydrogens (tertiary/aromatic N) is 1. The third-order valence-electron chi connectivity index (χ3n) is 3.68. The fraction of sp³-hybridized carbons (Fsp3) is 0.333. The van der Waals surface area contributed by atoms with E-state index < -0.39 is 23.2 Å². The number of nitrogens with one attached hydrogen (secondary N) is 1. The summed E-state index contributed by atoms with van der Waals surface area (Å²) >= 11 is 1.27. The van der Waals surface area contributed by atoms with Gasteiger partial charge in [-0.15, -0.1) is 23.7 Å². The average Bonchev–Trinajstić information content (AvgIpc) is 2.87. The fourth-order valence-electron chi connectivity index (χ4n) is 2.55. The normalized spacial score (nSPS) is 16.9. The number of amides is 1. The molecule has 0 fully saturated rings. The number of carbonyl (C=O) groups is 1. The molecule has 1 aliphatic rings. The van der Waals surface area contributed by atoms with Crippen LogP contribution in [0.3, 0.4) is 0 Å². The Balaban J connectivity index is 0.00000208. The van der Waals surface area contributed by atoms with Gasteiger partial charge in [0.25, 0.3) is 5.91 Å². The lowest BCUT2D eigenvalue weighted by atomic mass is 9.99. The predicted octanol–water partition coefficient (Wildman–Crippen LogP) is 3.65. The van der Waals surface area contributed by atoms with Crippen LogP contribution in [0.4, 0.5) is 18.3 Å². The summed E-state index contributed by atoms with van der Waals surface area (Å²) < 4.78 is 38.9. The number of halogens is 4. The largest absolute Gasteiger partial charge is 0.417 e. The van der Waals surface area contributed by atoms with Crippen molar-refractivity contribution in [3.05, 3.63) is 46.0 Å². The van der Waals surface area contributed by atoms with Crippen molar-refractivity contribution in [3.8, 4) is 0 Å². The van der Waals surface area contributed by atoms with Crippen molar-refractivity contribution in [2.75, 3.05) is 5.32 Å². The number of fused-ring (bicyclic) bond motifs is 1. The van der Waals surface area contributed by atoms with Crippen LogP contribution in [0.1, 0.15) is 32.9 Å². The molecule has 0 unspecified atom stereocenters. The molecule has 1 amide bonds. The molecule has 0 saturated heterocycles. The third-order valence-corrected chi connectivity index (χ3v) is 4.71. The summed E-state index contributed by atoms with van der Waals surface area (Å²) in [6.07, 6.45) is -2.35. The van der Waals surface area contributed by atoms with Gasteiger partial charge in [0.15, 0.2) is 5.13 Å². The number of nitrogens with two attached hydrogens (primary N) is 1. The second-order valence-corrected chi connectivity index (χ2v) is 6.47. The Kier molecular flexibility index (Phi) is 5.52. The first-order valence-corrected chi connectivity index (χ1v) is 7.88. The summed E-state index contributed by atoms with van der Waals surface area (Å²) in [7, 11) is 0. The van der Waals surface area contributed by atoms with Gasteiger partial charge in [-0.3, -0.25) is 10.1 Å². The quantitative estimate of drug-likeness (QED) is 0.839. The van der Waals surface area contributed by atoms with E-state index >= 15 is 0 Å². The minimum absolute atomic E-state index is 0. The molecule has 0 bridgehead atoms. The van der Waals surface area contributed by atoms with Gasteiger partial charge in [-0.2, -0.15) is 13.2 Å². The number of carbonyl (C=O) groups excluding carboxylic acids is 1. The smallest absolute Gasteiger partial charge is 0.327 e. The second-order valence-electron chi connectivity index (χ2n) is 5.39. The molecule has 0 aliphatic heterocycles. The highest BCUT2D eigenvalue weighted by molar-refractivity contribution is 7.15. The van der Waals surface area contributed by atoms with Crippen molar-refractivity contribution >= 4 is 34.8 Å². The lowest BCUT2D eigenvalue weighted by Gasteiger charge is -2.15. The molecule has 130 valence electrons. The van der Waals surface area contributed by atoms with Gasteiger partial charge in [-0.05, 0) is 31.4 Å². The molecule has 1 aliphatic carbocycles. The van der Waals surface area contributed by atoms with Gasteiger partial charge in [0.1, 0.15) is 0 Å². The Labute approximate surface area is 146 Å². The van der Waals surface area contributed by atoms with Gasteiger partial charge >= 0.3 is 6.18 Å². The maximum Gasteiger partial charge on any atom is 0.417 e. The second kappa shape index (κ2) is 7.08.